The number of carbonyl (C=O) groups excluding carboxylic acids is 1. The minimum atomic E-state index is -1.21. The van der Waals surface area contributed by atoms with Gasteiger partial charge < -0.3 is 24.4 Å². The van der Waals surface area contributed by atoms with E-state index in [1.54, 1.807) is 18.2 Å². The first kappa shape index (κ1) is 16.8. The van der Waals surface area contributed by atoms with Crippen molar-refractivity contribution in [1.29, 1.82) is 0 Å². The Hall–Kier alpha value is -3.32. The summed E-state index contributed by atoms with van der Waals surface area (Å²) in [6.45, 7) is 0. The SMILES string of the molecule is CSNc1ccc2c(c1)C(=O)OC21c2ccc(O)cc2Oc2cc(O)ccc21. The molecule has 140 valence electrons. The average Bonchev–Trinajstić information content (AvgIpc) is 2.94. The van der Waals surface area contributed by atoms with Crippen LogP contribution in [0.15, 0.2) is 54.6 Å². The third-order valence-electron chi connectivity index (χ3n) is 4.99. The summed E-state index contributed by atoms with van der Waals surface area (Å²) in [5, 5.41) is 19.8. The van der Waals surface area contributed by atoms with E-state index < -0.39 is 11.6 Å². The van der Waals surface area contributed by atoms with Crippen LogP contribution in [0.4, 0.5) is 5.69 Å². The molecule has 28 heavy (non-hydrogen) atoms. The summed E-state index contributed by atoms with van der Waals surface area (Å²) in [4.78, 5) is 12.9. The molecule has 0 bridgehead atoms. The van der Waals surface area contributed by atoms with E-state index in [0.717, 1.165) is 5.69 Å². The van der Waals surface area contributed by atoms with Gasteiger partial charge in [0, 0.05) is 40.8 Å². The van der Waals surface area contributed by atoms with Crippen molar-refractivity contribution in [2.45, 2.75) is 5.60 Å². The highest BCUT2D eigenvalue weighted by atomic mass is 32.2. The largest absolute Gasteiger partial charge is 0.508 e. The van der Waals surface area contributed by atoms with E-state index in [9.17, 15) is 15.0 Å². The van der Waals surface area contributed by atoms with Gasteiger partial charge in [0.15, 0.2) is 5.60 Å². The lowest BCUT2D eigenvalue weighted by Gasteiger charge is -2.36. The molecule has 7 heteroatoms. The van der Waals surface area contributed by atoms with Gasteiger partial charge in [-0.2, -0.15) is 0 Å². The molecular weight excluding hydrogens is 378 g/mol. The number of esters is 1. The van der Waals surface area contributed by atoms with Crippen LogP contribution in [0.2, 0.25) is 0 Å². The molecule has 5 rings (SSSR count). The number of hydrogen-bond donors (Lipinski definition) is 3. The molecular formula is C21H15NO5S. The monoisotopic (exact) mass is 393 g/mol. The molecule has 0 fully saturated rings. The zero-order valence-electron chi connectivity index (χ0n) is 14.7. The van der Waals surface area contributed by atoms with E-state index in [0.29, 0.717) is 33.8 Å². The second-order valence-corrected chi connectivity index (χ2v) is 7.21. The van der Waals surface area contributed by atoms with E-state index in [1.165, 1.54) is 36.2 Å². The van der Waals surface area contributed by atoms with E-state index in [1.807, 2.05) is 18.4 Å². The molecule has 3 aromatic carbocycles. The van der Waals surface area contributed by atoms with Crippen molar-refractivity contribution in [3.63, 3.8) is 0 Å². The first-order valence-electron chi connectivity index (χ1n) is 8.54. The van der Waals surface area contributed by atoms with Gasteiger partial charge in [-0.25, -0.2) is 4.79 Å². The number of fused-ring (bicyclic) bond motifs is 6. The van der Waals surface area contributed by atoms with Gasteiger partial charge in [-0.05, 0) is 36.4 Å². The van der Waals surface area contributed by atoms with Crippen molar-refractivity contribution in [1.82, 2.24) is 0 Å². The molecule has 0 unspecified atom stereocenters. The highest BCUT2D eigenvalue weighted by molar-refractivity contribution is 7.99. The molecule has 0 atom stereocenters. The number of rotatable bonds is 2. The first-order valence-corrected chi connectivity index (χ1v) is 9.77. The predicted molar refractivity (Wildman–Crippen MR) is 105 cm³/mol. The maximum Gasteiger partial charge on any atom is 0.340 e. The number of ether oxygens (including phenoxy) is 2. The molecule has 0 radical (unpaired) electrons. The summed E-state index contributed by atoms with van der Waals surface area (Å²) in [6, 6.07) is 14.9. The Bertz CT molecular complexity index is 1090. The predicted octanol–water partition coefficient (Wildman–Crippen LogP) is 4.36. The number of anilines is 1. The molecule has 0 saturated heterocycles. The standard InChI is InChI=1S/C21H15NO5S/c1-28-22-11-2-5-15-14(8-11)20(25)27-21(15)16-6-3-12(23)9-18(16)26-19-10-13(24)4-7-17(19)21/h2-10,22-24H,1H3. The number of benzene rings is 3. The minimum absolute atomic E-state index is 0.0292. The molecule has 6 nitrogen and oxygen atoms in total. The Balaban J connectivity index is 1.83. The normalized spacial score (nSPS) is 15.2. The van der Waals surface area contributed by atoms with Crippen LogP contribution in [0.1, 0.15) is 27.0 Å². The van der Waals surface area contributed by atoms with E-state index in [4.69, 9.17) is 9.47 Å². The van der Waals surface area contributed by atoms with Gasteiger partial charge in [-0.3, -0.25) is 0 Å². The molecule has 1 spiro atoms. The molecule has 0 amide bonds. The van der Waals surface area contributed by atoms with Crippen LogP contribution in [0, 0.1) is 0 Å². The number of nitrogens with one attached hydrogen (secondary N) is 1. The smallest absolute Gasteiger partial charge is 0.340 e. The fourth-order valence-electron chi connectivity index (χ4n) is 3.89. The summed E-state index contributed by atoms with van der Waals surface area (Å²) < 4.78 is 15.0. The summed E-state index contributed by atoms with van der Waals surface area (Å²) in [5.74, 6) is 0.345. The lowest BCUT2D eigenvalue weighted by Crippen LogP contribution is -2.32. The number of phenols is 2. The summed E-state index contributed by atoms with van der Waals surface area (Å²) in [5.41, 5.74) is 1.95. The third kappa shape index (κ3) is 2.20. The van der Waals surface area contributed by atoms with Crippen molar-refractivity contribution < 1.29 is 24.5 Å². The number of phenolic OH excluding ortho intramolecular Hbond substituents is 2. The van der Waals surface area contributed by atoms with Gasteiger partial charge in [0.05, 0.1) is 5.56 Å². The maximum atomic E-state index is 12.9. The van der Waals surface area contributed by atoms with Crippen molar-refractivity contribution in [2.75, 3.05) is 11.0 Å². The Kier molecular flexibility index (Phi) is 3.51. The van der Waals surface area contributed by atoms with Gasteiger partial charge in [-0.15, -0.1) is 0 Å². The highest BCUT2D eigenvalue weighted by Gasteiger charge is 2.53. The van der Waals surface area contributed by atoms with Crippen molar-refractivity contribution >= 4 is 23.6 Å². The van der Waals surface area contributed by atoms with Crippen LogP contribution < -0.4 is 9.46 Å². The van der Waals surface area contributed by atoms with Gasteiger partial charge in [0.2, 0.25) is 0 Å². The Morgan fingerprint density at radius 2 is 1.50 bits per heavy atom. The Morgan fingerprint density at radius 1 is 0.893 bits per heavy atom. The fourth-order valence-corrected chi connectivity index (χ4v) is 4.25. The van der Waals surface area contributed by atoms with Gasteiger partial charge in [-0.1, -0.05) is 18.0 Å². The topological polar surface area (TPSA) is 88.0 Å². The molecule has 0 aliphatic carbocycles. The number of aromatic hydroxyl groups is 2. The lowest BCUT2D eigenvalue weighted by atomic mass is 9.77. The molecule has 2 heterocycles. The molecule has 3 N–H and O–H groups in total. The number of hydrogen-bond acceptors (Lipinski definition) is 7. The van der Waals surface area contributed by atoms with Crippen LogP contribution >= 0.6 is 11.9 Å². The molecule has 0 aromatic heterocycles. The van der Waals surface area contributed by atoms with E-state index >= 15 is 0 Å². The first-order chi connectivity index (χ1) is 13.5. The van der Waals surface area contributed by atoms with Crippen LogP contribution in [-0.4, -0.2) is 22.4 Å². The third-order valence-corrected chi connectivity index (χ3v) is 5.43. The maximum absolute atomic E-state index is 12.9. The summed E-state index contributed by atoms with van der Waals surface area (Å²) in [6.07, 6.45) is 1.90. The van der Waals surface area contributed by atoms with Crippen LogP contribution in [0.5, 0.6) is 23.0 Å². The zero-order valence-corrected chi connectivity index (χ0v) is 15.5. The Morgan fingerprint density at radius 3 is 2.11 bits per heavy atom. The van der Waals surface area contributed by atoms with E-state index in [2.05, 4.69) is 4.72 Å². The minimum Gasteiger partial charge on any atom is -0.508 e. The summed E-state index contributed by atoms with van der Waals surface area (Å²) >= 11 is 1.43. The second kappa shape index (κ2) is 5.84. The molecule has 0 saturated carbocycles. The van der Waals surface area contributed by atoms with Crippen molar-refractivity contribution in [3.8, 4) is 23.0 Å². The van der Waals surface area contributed by atoms with Crippen molar-refractivity contribution in [2.24, 2.45) is 0 Å². The summed E-state index contributed by atoms with van der Waals surface area (Å²) in [7, 11) is 0. The van der Waals surface area contributed by atoms with Gasteiger partial charge in [0.25, 0.3) is 0 Å². The van der Waals surface area contributed by atoms with Gasteiger partial charge in [0.1, 0.15) is 23.0 Å². The average molecular weight is 393 g/mol. The quantitative estimate of drug-likeness (QED) is 0.440. The second-order valence-electron chi connectivity index (χ2n) is 6.60. The van der Waals surface area contributed by atoms with Crippen LogP contribution in [0.3, 0.4) is 0 Å². The fraction of sp³-hybridized carbons (Fsp3) is 0.0952. The molecule has 2 aliphatic heterocycles. The molecule has 3 aromatic rings. The van der Waals surface area contributed by atoms with Crippen LogP contribution in [-0.2, 0) is 10.3 Å². The zero-order chi connectivity index (χ0) is 19.5. The van der Waals surface area contributed by atoms with Gasteiger partial charge >= 0.3 is 5.97 Å². The number of carbonyl (C=O) groups is 1. The van der Waals surface area contributed by atoms with Crippen LogP contribution in [0.25, 0.3) is 0 Å². The van der Waals surface area contributed by atoms with Crippen molar-refractivity contribution in [3.05, 3.63) is 76.9 Å². The lowest BCUT2D eigenvalue weighted by molar-refractivity contribution is 0.0224. The molecule has 2 aliphatic rings. The van der Waals surface area contributed by atoms with E-state index in [-0.39, 0.29) is 11.5 Å². The highest BCUT2D eigenvalue weighted by Crippen LogP contribution is 2.57. The Labute approximate surface area is 164 Å².